The number of hydrogen-bond donors (Lipinski definition) is 1. The summed E-state index contributed by atoms with van der Waals surface area (Å²) in [7, 11) is 0. The number of rotatable bonds is 8. The van der Waals surface area contributed by atoms with Crippen molar-refractivity contribution in [1.82, 2.24) is 5.43 Å². The van der Waals surface area contributed by atoms with Crippen LogP contribution in [-0.4, -0.2) is 23.7 Å². The van der Waals surface area contributed by atoms with E-state index in [1.165, 1.54) is 18.3 Å². The smallest absolute Gasteiger partial charge is 0.271 e. The largest absolute Gasteiger partial charge is 0.494 e. The molecule has 0 saturated carbocycles. The summed E-state index contributed by atoms with van der Waals surface area (Å²) >= 11 is 0. The summed E-state index contributed by atoms with van der Waals surface area (Å²) in [5, 5.41) is 14.6. The van der Waals surface area contributed by atoms with Gasteiger partial charge in [-0.2, -0.15) is 5.10 Å². The van der Waals surface area contributed by atoms with Gasteiger partial charge in [-0.3, -0.25) is 14.9 Å². The number of nitrogens with zero attached hydrogens (tertiary/aromatic N) is 2. The predicted octanol–water partition coefficient (Wildman–Crippen LogP) is 3.78. The minimum atomic E-state index is -0.485. The molecule has 0 heterocycles. The van der Waals surface area contributed by atoms with Gasteiger partial charge in [0.05, 0.1) is 17.7 Å². The van der Waals surface area contributed by atoms with Crippen LogP contribution in [-0.2, 0) is 0 Å². The van der Waals surface area contributed by atoms with Crippen molar-refractivity contribution in [1.29, 1.82) is 0 Å². The zero-order valence-corrected chi connectivity index (χ0v) is 14.7. The molecule has 2 rings (SSSR count). The van der Waals surface area contributed by atoms with E-state index in [-0.39, 0.29) is 11.6 Å². The van der Waals surface area contributed by atoms with Crippen molar-refractivity contribution in [3.05, 3.63) is 69.8 Å². The number of nitrogens with one attached hydrogen (secondary N) is 1. The highest BCUT2D eigenvalue weighted by atomic mass is 16.6. The van der Waals surface area contributed by atoms with Gasteiger partial charge in [0.1, 0.15) is 5.75 Å². The molecule has 0 aliphatic heterocycles. The SMILES string of the molecule is CC(C)CCOc1ccc(C(=O)NN=Cc2cccc([N+](=O)[O-])c2)cc1. The van der Waals surface area contributed by atoms with Crippen LogP contribution in [0.4, 0.5) is 5.69 Å². The van der Waals surface area contributed by atoms with Gasteiger partial charge in [-0.05, 0) is 36.6 Å². The fourth-order valence-electron chi connectivity index (χ4n) is 2.06. The lowest BCUT2D eigenvalue weighted by atomic mass is 10.1. The fourth-order valence-corrected chi connectivity index (χ4v) is 2.06. The molecule has 0 atom stereocenters. The van der Waals surface area contributed by atoms with Gasteiger partial charge in [0.25, 0.3) is 11.6 Å². The molecular formula is C19H21N3O4. The Labute approximate surface area is 151 Å². The quantitative estimate of drug-likeness (QED) is 0.443. The van der Waals surface area contributed by atoms with Crippen LogP contribution in [0.2, 0.25) is 0 Å². The summed E-state index contributed by atoms with van der Waals surface area (Å²) in [6.45, 7) is 4.90. The van der Waals surface area contributed by atoms with Crippen molar-refractivity contribution in [2.24, 2.45) is 11.0 Å². The van der Waals surface area contributed by atoms with E-state index in [0.29, 0.717) is 29.4 Å². The van der Waals surface area contributed by atoms with Gasteiger partial charge < -0.3 is 4.74 Å². The maximum atomic E-state index is 12.1. The third-order valence-electron chi connectivity index (χ3n) is 3.54. The number of benzene rings is 2. The molecule has 0 radical (unpaired) electrons. The molecule has 1 N–H and O–H groups in total. The molecule has 0 aliphatic carbocycles. The summed E-state index contributed by atoms with van der Waals surface area (Å²) in [5.41, 5.74) is 3.32. The summed E-state index contributed by atoms with van der Waals surface area (Å²) in [6, 6.07) is 12.8. The standard InChI is InChI=1S/C19H21N3O4/c1-14(2)10-11-26-18-8-6-16(7-9-18)19(23)21-20-13-15-4-3-5-17(12-15)22(24)25/h3-9,12-14H,10-11H2,1-2H3,(H,21,23). The van der Waals surface area contributed by atoms with Crippen LogP contribution in [0.1, 0.15) is 36.2 Å². The Kier molecular flexibility index (Phi) is 6.84. The van der Waals surface area contributed by atoms with Crippen molar-refractivity contribution in [2.75, 3.05) is 6.61 Å². The molecule has 0 fully saturated rings. The molecule has 7 heteroatoms. The highest BCUT2D eigenvalue weighted by molar-refractivity contribution is 5.95. The number of carbonyl (C=O) groups is 1. The minimum absolute atomic E-state index is 0.0340. The maximum Gasteiger partial charge on any atom is 0.271 e. The summed E-state index contributed by atoms with van der Waals surface area (Å²) in [5.74, 6) is 0.909. The average Bonchev–Trinajstić information content (AvgIpc) is 2.62. The molecule has 0 spiro atoms. The molecule has 0 unspecified atom stereocenters. The molecule has 26 heavy (non-hydrogen) atoms. The highest BCUT2D eigenvalue weighted by Crippen LogP contribution is 2.14. The van der Waals surface area contributed by atoms with Crippen LogP contribution in [0.25, 0.3) is 0 Å². The van der Waals surface area contributed by atoms with Crippen LogP contribution < -0.4 is 10.2 Å². The lowest BCUT2D eigenvalue weighted by Crippen LogP contribution is -2.17. The number of amides is 1. The maximum absolute atomic E-state index is 12.1. The molecule has 0 bridgehead atoms. The van der Waals surface area contributed by atoms with Gasteiger partial charge in [-0.25, -0.2) is 5.43 Å². The molecule has 2 aromatic carbocycles. The van der Waals surface area contributed by atoms with Crippen LogP contribution in [0.15, 0.2) is 53.6 Å². The first-order valence-corrected chi connectivity index (χ1v) is 8.26. The number of hydrogen-bond acceptors (Lipinski definition) is 5. The van der Waals surface area contributed by atoms with Gasteiger partial charge in [0.15, 0.2) is 0 Å². The predicted molar refractivity (Wildman–Crippen MR) is 99.5 cm³/mol. The second kappa shape index (κ2) is 9.31. The Hall–Kier alpha value is -3.22. The van der Waals surface area contributed by atoms with Crippen molar-refractivity contribution in [3.63, 3.8) is 0 Å². The van der Waals surface area contributed by atoms with E-state index in [0.717, 1.165) is 6.42 Å². The summed E-state index contributed by atoms with van der Waals surface area (Å²) < 4.78 is 5.60. The Morgan fingerprint density at radius 1 is 1.27 bits per heavy atom. The first-order valence-electron chi connectivity index (χ1n) is 8.26. The average molecular weight is 355 g/mol. The van der Waals surface area contributed by atoms with E-state index in [1.807, 2.05) is 0 Å². The normalized spacial score (nSPS) is 10.9. The number of non-ortho nitro benzene ring substituents is 1. The van der Waals surface area contributed by atoms with Crippen LogP contribution in [0.3, 0.4) is 0 Å². The minimum Gasteiger partial charge on any atom is -0.494 e. The number of carbonyl (C=O) groups excluding carboxylic acids is 1. The Morgan fingerprint density at radius 3 is 2.65 bits per heavy atom. The Balaban J connectivity index is 1.89. The van der Waals surface area contributed by atoms with Gasteiger partial charge >= 0.3 is 0 Å². The number of hydrazone groups is 1. The molecular weight excluding hydrogens is 334 g/mol. The van der Waals surface area contributed by atoms with Crippen LogP contribution >= 0.6 is 0 Å². The van der Waals surface area contributed by atoms with Gasteiger partial charge in [-0.1, -0.05) is 26.0 Å². The van der Waals surface area contributed by atoms with Crippen LogP contribution in [0, 0.1) is 16.0 Å². The van der Waals surface area contributed by atoms with Crippen molar-refractivity contribution in [2.45, 2.75) is 20.3 Å². The Morgan fingerprint density at radius 2 is 2.00 bits per heavy atom. The molecule has 1 amide bonds. The van der Waals surface area contributed by atoms with Gasteiger partial charge in [0, 0.05) is 23.3 Å². The van der Waals surface area contributed by atoms with E-state index in [1.54, 1.807) is 36.4 Å². The van der Waals surface area contributed by atoms with E-state index in [4.69, 9.17) is 4.74 Å². The van der Waals surface area contributed by atoms with Gasteiger partial charge in [-0.15, -0.1) is 0 Å². The molecule has 0 aromatic heterocycles. The van der Waals surface area contributed by atoms with E-state index in [2.05, 4.69) is 24.4 Å². The van der Waals surface area contributed by atoms with E-state index >= 15 is 0 Å². The first-order chi connectivity index (χ1) is 12.5. The summed E-state index contributed by atoms with van der Waals surface area (Å²) in [6.07, 6.45) is 2.32. The van der Waals surface area contributed by atoms with Crippen molar-refractivity contribution < 1.29 is 14.5 Å². The second-order valence-electron chi connectivity index (χ2n) is 6.11. The van der Waals surface area contributed by atoms with E-state index in [9.17, 15) is 14.9 Å². The third kappa shape index (κ3) is 6.01. The lowest BCUT2D eigenvalue weighted by molar-refractivity contribution is -0.384. The number of nitro benzene ring substituents is 1. The Bertz CT molecular complexity index is 786. The van der Waals surface area contributed by atoms with Crippen LogP contribution in [0.5, 0.6) is 5.75 Å². The van der Waals surface area contributed by atoms with Crippen molar-refractivity contribution in [3.8, 4) is 5.75 Å². The molecule has 7 nitrogen and oxygen atoms in total. The highest BCUT2D eigenvalue weighted by Gasteiger charge is 2.06. The number of nitro groups is 1. The zero-order valence-electron chi connectivity index (χ0n) is 14.7. The number of ether oxygens (including phenoxy) is 1. The zero-order chi connectivity index (χ0) is 18.9. The third-order valence-corrected chi connectivity index (χ3v) is 3.54. The lowest BCUT2D eigenvalue weighted by Gasteiger charge is -2.08. The monoisotopic (exact) mass is 355 g/mol. The molecule has 0 saturated heterocycles. The van der Waals surface area contributed by atoms with Crippen molar-refractivity contribution >= 4 is 17.8 Å². The van der Waals surface area contributed by atoms with Gasteiger partial charge in [0.2, 0.25) is 0 Å². The summed E-state index contributed by atoms with van der Waals surface area (Å²) in [4.78, 5) is 22.3. The first kappa shape index (κ1) is 19.1. The molecule has 0 aliphatic rings. The topological polar surface area (TPSA) is 93.8 Å². The fraction of sp³-hybridized carbons (Fsp3) is 0.263. The second-order valence-corrected chi connectivity index (χ2v) is 6.11. The van der Waals surface area contributed by atoms with E-state index < -0.39 is 4.92 Å². The molecule has 2 aromatic rings. The molecule has 136 valence electrons.